The summed E-state index contributed by atoms with van der Waals surface area (Å²) >= 11 is 1.36. The van der Waals surface area contributed by atoms with Crippen LogP contribution in [0.15, 0.2) is 23.1 Å². The SMILES string of the molecule is CCC(C#N)(CCCSc1ccc(F)cc1F)NC(C)C. The maximum Gasteiger partial charge on any atom is 0.139 e. The van der Waals surface area contributed by atoms with Crippen molar-refractivity contribution < 1.29 is 8.78 Å². The molecule has 1 N–H and O–H groups in total. The molecule has 0 aliphatic carbocycles. The fourth-order valence-electron chi connectivity index (χ4n) is 2.22. The van der Waals surface area contributed by atoms with E-state index in [-0.39, 0.29) is 6.04 Å². The maximum atomic E-state index is 13.5. The highest BCUT2D eigenvalue weighted by Gasteiger charge is 2.27. The molecule has 21 heavy (non-hydrogen) atoms. The molecule has 116 valence electrons. The molecule has 2 nitrogen and oxygen atoms in total. The number of nitrogens with zero attached hydrogens (tertiary/aromatic N) is 1. The van der Waals surface area contributed by atoms with Gasteiger partial charge >= 0.3 is 0 Å². The van der Waals surface area contributed by atoms with E-state index < -0.39 is 17.2 Å². The molecule has 1 aromatic rings. The van der Waals surface area contributed by atoms with E-state index in [0.29, 0.717) is 17.1 Å². The van der Waals surface area contributed by atoms with E-state index in [9.17, 15) is 14.0 Å². The van der Waals surface area contributed by atoms with Crippen molar-refractivity contribution >= 4 is 11.8 Å². The normalized spacial score (nSPS) is 14.0. The molecule has 0 saturated heterocycles. The lowest BCUT2D eigenvalue weighted by atomic mass is 9.91. The van der Waals surface area contributed by atoms with Gasteiger partial charge < -0.3 is 0 Å². The predicted octanol–water partition coefficient (Wildman–Crippen LogP) is 4.51. The summed E-state index contributed by atoms with van der Waals surface area (Å²) in [6.45, 7) is 6.03. The molecule has 1 aromatic carbocycles. The van der Waals surface area contributed by atoms with Crippen LogP contribution in [0.5, 0.6) is 0 Å². The van der Waals surface area contributed by atoms with Crippen LogP contribution in [0.25, 0.3) is 0 Å². The van der Waals surface area contributed by atoms with Gasteiger partial charge in [0.2, 0.25) is 0 Å². The van der Waals surface area contributed by atoms with Gasteiger partial charge in [0.15, 0.2) is 0 Å². The summed E-state index contributed by atoms with van der Waals surface area (Å²) in [5.41, 5.74) is -0.518. The average Bonchev–Trinajstić information content (AvgIpc) is 2.43. The molecule has 0 saturated carbocycles. The van der Waals surface area contributed by atoms with Gasteiger partial charge in [-0.05, 0) is 51.0 Å². The average molecular weight is 312 g/mol. The van der Waals surface area contributed by atoms with E-state index in [4.69, 9.17) is 0 Å². The van der Waals surface area contributed by atoms with Crippen molar-refractivity contribution in [3.05, 3.63) is 29.8 Å². The summed E-state index contributed by atoms with van der Waals surface area (Å²) < 4.78 is 26.3. The van der Waals surface area contributed by atoms with Crippen molar-refractivity contribution in [2.24, 2.45) is 0 Å². The molecular formula is C16H22F2N2S. The van der Waals surface area contributed by atoms with Crippen LogP contribution in [-0.4, -0.2) is 17.3 Å². The molecular weight excluding hydrogens is 290 g/mol. The number of rotatable bonds is 8. The highest BCUT2D eigenvalue weighted by molar-refractivity contribution is 7.99. The van der Waals surface area contributed by atoms with Gasteiger partial charge in [-0.15, -0.1) is 11.8 Å². The van der Waals surface area contributed by atoms with Crippen LogP contribution in [0, 0.1) is 23.0 Å². The number of nitriles is 1. The molecule has 1 unspecified atom stereocenters. The van der Waals surface area contributed by atoms with Crippen molar-refractivity contribution in [3.63, 3.8) is 0 Å². The Labute approximate surface area is 129 Å². The number of hydrogen-bond donors (Lipinski definition) is 1. The standard InChI is InChI=1S/C16H22F2N2S/c1-4-16(11-19,20-12(2)3)8-5-9-21-15-7-6-13(17)10-14(15)18/h6-7,10,12,20H,4-5,8-9H2,1-3H3. The fourth-order valence-corrected chi connectivity index (χ4v) is 3.09. The van der Waals surface area contributed by atoms with Gasteiger partial charge in [0.25, 0.3) is 0 Å². The second-order valence-electron chi connectivity index (χ2n) is 5.37. The van der Waals surface area contributed by atoms with Gasteiger partial charge in [-0.25, -0.2) is 8.78 Å². The van der Waals surface area contributed by atoms with E-state index in [1.54, 1.807) is 0 Å². The molecule has 0 spiro atoms. The van der Waals surface area contributed by atoms with Crippen molar-refractivity contribution in [2.45, 2.75) is 56.5 Å². The Balaban J connectivity index is 2.50. The van der Waals surface area contributed by atoms with Crippen LogP contribution >= 0.6 is 11.8 Å². The second-order valence-corrected chi connectivity index (χ2v) is 6.51. The van der Waals surface area contributed by atoms with Gasteiger partial charge in [-0.3, -0.25) is 5.32 Å². The monoisotopic (exact) mass is 312 g/mol. The highest BCUT2D eigenvalue weighted by atomic mass is 32.2. The van der Waals surface area contributed by atoms with E-state index in [1.165, 1.54) is 23.9 Å². The number of halogens is 2. The summed E-state index contributed by atoms with van der Waals surface area (Å²) in [6, 6.07) is 6.23. The molecule has 0 aliphatic rings. The summed E-state index contributed by atoms with van der Waals surface area (Å²) in [5, 5.41) is 12.7. The van der Waals surface area contributed by atoms with E-state index in [1.807, 2.05) is 20.8 Å². The lowest BCUT2D eigenvalue weighted by molar-refractivity contribution is 0.341. The topological polar surface area (TPSA) is 35.8 Å². The minimum atomic E-state index is -0.563. The molecule has 0 fully saturated rings. The van der Waals surface area contributed by atoms with E-state index in [0.717, 1.165) is 18.9 Å². The minimum absolute atomic E-state index is 0.242. The Morgan fingerprint density at radius 2 is 2.10 bits per heavy atom. The zero-order chi connectivity index (χ0) is 15.9. The first-order valence-electron chi connectivity index (χ1n) is 7.19. The highest BCUT2D eigenvalue weighted by Crippen LogP contribution is 2.25. The van der Waals surface area contributed by atoms with Crippen molar-refractivity contribution in [1.82, 2.24) is 5.32 Å². The molecule has 1 atom stereocenters. The van der Waals surface area contributed by atoms with Crippen molar-refractivity contribution in [3.8, 4) is 6.07 Å². The molecule has 0 amide bonds. The Hall–Kier alpha value is -1.12. The summed E-state index contributed by atoms with van der Waals surface area (Å²) in [6.07, 6.45) is 2.24. The smallest absolute Gasteiger partial charge is 0.139 e. The lowest BCUT2D eigenvalue weighted by Gasteiger charge is -2.29. The minimum Gasteiger partial charge on any atom is -0.297 e. The quantitative estimate of drug-likeness (QED) is 0.567. The number of benzene rings is 1. The van der Waals surface area contributed by atoms with Crippen LogP contribution in [0.4, 0.5) is 8.78 Å². The molecule has 0 heterocycles. The predicted molar refractivity (Wildman–Crippen MR) is 83.2 cm³/mol. The summed E-state index contributed by atoms with van der Waals surface area (Å²) in [7, 11) is 0. The molecule has 0 aromatic heterocycles. The Morgan fingerprint density at radius 1 is 1.38 bits per heavy atom. The van der Waals surface area contributed by atoms with Gasteiger partial charge in [0.05, 0.1) is 6.07 Å². The van der Waals surface area contributed by atoms with Crippen molar-refractivity contribution in [1.29, 1.82) is 5.26 Å². The van der Waals surface area contributed by atoms with Gasteiger partial charge in [-0.2, -0.15) is 5.26 Å². The Morgan fingerprint density at radius 3 is 2.62 bits per heavy atom. The van der Waals surface area contributed by atoms with Crippen molar-refractivity contribution in [2.75, 3.05) is 5.75 Å². The van der Waals surface area contributed by atoms with Crippen LogP contribution in [-0.2, 0) is 0 Å². The number of thioether (sulfide) groups is 1. The third kappa shape index (κ3) is 5.64. The third-order valence-corrected chi connectivity index (χ3v) is 4.42. The Kier molecular flexibility index (Phi) is 7.13. The van der Waals surface area contributed by atoms with Gasteiger partial charge in [0.1, 0.15) is 17.2 Å². The number of hydrogen-bond acceptors (Lipinski definition) is 3. The van der Waals surface area contributed by atoms with E-state index in [2.05, 4.69) is 11.4 Å². The first kappa shape index (κ1) is 17.9. The molecule has 0 bridgehead atoms. The number of nitrogens with one attached hydrogen (secondary N) is 1. The van der Waals surface area contributed by atoms with Gasteiger partial charge in [-0.1, -0.05) is 6.92 Å². The largest absolute Gasteiger partial charge is 0.297 e. The molecule has 1 rings (SSSR count). The fraction of sp³-hybridized carbons (Fsp3) is 0.562. The summed E-state index contributed by atoms with van der Waals surface area (Å²) in [5.74, 6) is -0.388. The first-order chi connectivity index (χ1) is 9.92. The zero-order valence-electron chi connectivity index (χ0n) is 12.7. The summed E-state index contributed by atoms with van der Waals surface area (Å²) in [4.78, 5) is 0.451. The van der Waals surface area contributed by atoms with Crippen LogP contribution in [0.1, 0.15) is 40.0 Å². The Bertz CT molecular complexity index is 500. The van der Waals surface area contributed by atoms with Gasteiger partial charge in [0, 0.05) is 17.0 Å². The van der Waals surface area contributed by atoms with E-state index >= 15 is 0 Å². The van der Waals surface area contributed by atoms with Crippen LogP contribution in [0.2, 0.25) is 0 Å². The third-order valence-electron chi connectivity index (χ3n) is 3.28. The second kappa shape index (κ2) is 8.35. The lowest BCUT2D eigenvalue weighted by Crippen LogP contribution is -2.47. The van der Waals surface area contributed by atoms with Crippen LogP contribution in [0.3, 0.4) is 0 Å². The van der Waals surface area contributed by atoms with Crippen LogP contribution < -0.4 is 5.32 Å². The molecule has 5 heteroatoms. The zero-order valence-corrected chi connectivity index (χ0v) is 13.6. The molecule has 0 radical (unpaired) electrons. The molecule has 0 aliphatic heterocycles. The first-order valence-corrected chi connectivity index (χ1v) is 8.18. The maximum absolute atomic E-state index is 13.5.